The lowest BCUT2D eigenvalue weighted by molar-refractivity contribution is 0.467. The van der Waals surface area contributed by atoms with Crippen LogP contribution < -0.4 is 0 Å². The van der Waals surface area contributed by atoms with E-state index in [2.05, 4.69) is 150 Å². The summed E-state index contributed by atoms with van der Waals surface area (Å²) >= 11 is 30.5. The third-order valence-corrected chi connectivity index (χ3v) is 14.2. The smallest absolute Gasteiger partial charge is 0.143 e. The molecule has 0 amide bonds. The van der Waals surface area contributed by atoms with Crippen LogP contribution in [0.2, 0.25) is 0 Å². The monoisotopic (exact) mass is 1300 g/mol. The molecule has 0 saturated carbocycles. The summed E-state index contributed by atoms with van der Waals surface area (Å²) in [7, 11) is 0. The molecule has 6 N–H and O–H groups in total. The highest BCUT2D eigenvalue weighted by molar-refractivity contribution is 9.12. The van der Waals surface area contributed by atoms with E-state index < -0.39 is 5.41 Å². The molecule has 0 atom stereocenters. The van der Waals surface area contributed by atoms with E-state index in [4.69, 9.17) is 0 Å². The Morgan fingerprint density at radius 3 is 0.778 bits per heavy atom. The molecule has 0 heterocycles. The molecule has 6 aromatic rings. The SMILES string of the molecule is CC(c1ccc(O)c(Br)c1)(c1ccc(O)c(Br)c1)c1ccc(O)c(Br)c1.Oc1c(Br)cc(C(c2cc(Br)c(O)c(Br)c2)c2cc(Br)c(O)c(Br)c2)cc1Br. The van der Waals surface area contributed by atoms with Gasteiger partial charge >= 0.3 is 0 Å². The Bertz CT molecular complexity index is 2070. The third-order valence-electron chi connectivity index (χ3n) is 8.69. The number of halogens is 9. The van der Waals surface area contributed by atoms with Crippen molar-refractivity contribution in [1.29, 1.82) is 0 Å². The van der Waals surface area contributed by atoms with E-state index in [-0.39, 0.29) is 40.4 Å². The summed E-state index contributed by atoms with van der Waals surface area (Å²) in [5.41, 5.74) is 4.91. The first-order chi connectivity index (χ1) is 25.3. The Labute approximate surface area is 386 Å². The highest BCUT2D eigenvalue weighted by Crippen LogP contribution is 2.47. The quantitative estimate of drug-likeness (QED) is 0.0924. The predicted octanol–water partition coefficient (Wildman–Crippen LogP) is 15.0. The van der Waals surface area contributed by atoms with Gasteiger partial charge in [0.25, 0.3) is 0 Å². The van der Waals surface area contributed by atoms with Gasteiger partial charge in [-0.05, 0) is 256 Å². The van der Waals surface area contributed by atoms with Gasteiger partial charge in [0.15, 0.2) is 0 Å². The maximum Gasteiger partial charge on any atom is 0.143 e. The maximum atomic E-state index is 10.1. The number of hydrogen-bond donors (Lipinski definition) is 6. The highest BCUT2D eigenvalue weighted by Gasteiger charge is 2.33. The zero-order valence-corrected chi connectivity index (χ0v) is 41.6. The lowest BCUT2D eigenvalue weighted by Gasteiger charge is -2.32. The van der Waals surface area contributed by atoms with Crippen LogP contribution in [0, 0.1) is 0 Å². The molecule has 0 radical (unpaired) electrons. The van der Waals surface area contributed by atoms with Gasteiger partial charge < -0.3 is 30.6 Å². The van der Waals surface area contributed by atoms with Crippen molar-refractivity contribution in [3.63, 3.8) is 0 Å². The second kappa shape index (κ2) is 17.9. The van der Waals surface area contributed by atoms with E-state index in [0.717, 1.165) is 33.4 Å². The maximum absolute atomic E-state index is 10.1. The van der Waals surface area contributed by atoms with Crippen LogP contribution in [-0.4, -0.2) is 30.6 Å². The van der Waals surface area contributed by atoms with Gasteiger partial charge in [-0.15, -0.1) is 0 Å². The Kier molecular flexibility index (Phi) is 14.5. The van der Waals surface area contributed by atoms with Crippen LogP contribution in [-0.2, 0) is 5.41 Å². The number of phenolic OH excluding ortho intramolecular Hbond substituents is 6. The molecule has 0 aliphatic rings. The van der Waals surface area contributed by atoms with Crippen molar-refractivity contribution in [1.82, 2.24) is 0 Å². The predicted molar refractivity (Wildman–Crippen MR) is 244 cm³/mol. The minimum absolute atomic E-state index is 0.114. The van der Waals surface area contributed by atoms with E-state index in [1.165, 1.54) is 0 Å². The average molecular weight is 1310 g/mol. The molecule has 15 heteroatoms. The molecule has 54 heavy (non-hydrogen) atoms. The molecule has 6 aromatic carbocycles. The molecular weight excluding hydrogens is 1280 g/mol. The van der Waals surface area contributed by atoms with Crippen molar-refractivity contribution in [3.8, 4) is 34.5 Å². The van der Waals surface area contributed by atoms with Crippen molar-refractivity contribution in [3.05, 3.63) is 165 Å². The summed E-state index contributed by atoms with van der Waals surface area (Å²) in [6.45, 7) is 2.06. The number of benzene rings is 6. The van der Waals surface area contributed by atoms with E-state index in [1.54, 1.807) is 18.2 Å². The molecule has 0 aliphatic carbocycles. The second-order valence-electron chi connectivity index (χ2n) is 12.1. The summed E-state index contributed by atoms with van der Waals surface area (Å²) < 4.78 is 5.09. The van der Waals surface area contributed by atoms with Crippen LogP contribution in [0.15, 0.2) is 131 Å². The van der Waals surface area contributed by atoms with Gasteiger partial charge in [-0.2, -0.15) is 0 Å². The van der Waals surface area contributed by atoms with Crippen molar-refractivity contribution < 1.29 is 30.6 Å². The second-order valence-corrected chi connectivity index (χ2v) is 19.7. The van der Waals surface area contributed by atoms with E-state index in [9.17, 15) is 30.6 Å². The fourth-order valence-electron chi connectivity index (χ4n) is 5.79. The Balaban J connectivity index is 0.000000208. The molecule has 6 nitrogen and oxygen atoms in total. The van der Waals surface area contributed by atoms with Gasteiger partial charge in [-0.1, -0.05) is 18.2 Å². The van der Waals surface area contributed by atoms with Crippen molar-refractivity contribution in [2.45, 2.75) is 18.3 Å². The summed E-state index contributed by atoms with van der Waals surface area (Å²) in [5, 5.41) is 60.0. The Hall–Kier alpha value is -1.56. The lowest BCUT2D eigenvalue weighted by atomic mass is 9.71. The molecule has 6 rings (SSSR count). The van der Waals surface area contributed by atoms with Crippen LogP contribution in [0.3, 0.4) is 0 Å². The number of phenols is 6. The largest absolute Gasteiger partial charge is 0.507 e. The Morgan fingerprint density at radius 2 is 0.574 bits per heavy atom. The van der Waals surface area contributed by atoms with Crippen molar-refractivity contribution >= 4 is 143 Å². The highest BCUT2D eigenvalue weighted by atomic mass is 79.9. The normalized spacial score (nSPS) is 11.4. The van der Waals surface area contributed by atoms with Crippen LogP contribution in [0.25, 0.3) is 0 Å². The van der Waals surface area contributed by atoms with E-state index in [0.29, 0.717) is 40.3 Å². The molecule has 0 saturated heterocycles. The summed E-state index contributed by atoms with van der Waals surface area (Å²) in [6, 6.07) is 27.2. The number of hydrogen-bond acceptors (Lipinski definition) is 6. The van der Waals surface area contributed by atoms with Gasteiger partial charge in [0, 0.05) is 11.3 Å². The van der Waals surface area contributed by atoms with Gasteiger partial charge in [0.2, 0.25) is 0 Å². The summed E-state index contributed by atoms with van der Waals surface area (Å²) in [5.74, 6) is 0.574. The molecule has 0 aromatic heterocycles. The first-order valence-electron chi connectivity index (χ1n) is 15.3. The molecular formula is C39H25Br9O6. The van der Waals surface area contributed by atoms with E-state index >= 15 is 0 Å². The minimum atomic E-state index is -0.595. The molecule has 280 valence electrons. The van der Waals surface area contributed by atoms with Gasteiger partial charge in [0.1, 0.15) is 34.5 Å². The standard InChI is InChI=1S/C20H15Br3O3.C19H10Br6O3/c1-20(11-2-5-17(24)14(21)8-11,12-3-6-18(25)15(22)9-12)13-4-7-19(26)16(23)10-13;20-10-1-7(2-11(21)17(10)26)16(8-3-12(22)18(27)13(23)4-8)9-5-14(24)19(28)15(25)6-9/h2-10,24-26H,1H3;1-6,16,26-28H. The first-order valence-corrected chi connectivity index (χ1v) is 22.5. The zero-order valence-electron chi connectivity index (χ0n) is 27.3. The van der Waals surface area contributed by atoms with Crippen molar-refractivity contribution in [2.24, 2.45) is 0 Å². The lowest BCUT2D eigenvalue weighted by Crippen LogP contribution is -2.25. The topological polar surface area (TPSA) is 121 Å². The molecule has 0 unspecified atom stereocenters. The van der Waals surface area contributed by atoms with Gasteiger partial charge in [-0.3, -0.25) is 0 Å². The fraction of sp³-hybridized carbons (Fsp3) is 0.0769. The van der Waals surface area contributed by atoms with Crippen molar-refractivity contribution in [2.75, 3.05) is 0 Å². The number of aromatic hydroxyl groups is 6. The van der Waals surface area contributed by atoms with Gasteiger partial charge in [0.05, 0.1) is 40.3 Å². The summed E-state index contributed by atoms with van der Waals surface area (Å²) in [4.78, 5) is 0. The molecule has 0 fully saturated rings. The van der Waals surface area contributed by atoms with E-state index in [1.807, 2.05) is 72.8 Å². The van der Waals surface area contributed by atoms with Crippen LogP contribution in [0.5, 0.6) is 34.5 Å². The average Bonchev–Trinajstić information content (AvgIpc) is 3.12. The molecule has 0 aliphatic heterocycles. The molecule has 0 bridgehead atoms. The number of rotatable bonds is 6. The minimum Gasteiger partial charge on any atom is -0.507 e. The van der Waals surface area contributed by atoms with Crippen LogP contribution >= 0.6 is 143 Å². The zero-order chi connectivity index (χ0) is 39.8. The molecule has 0 spiro atoms. The summed E-state index contributed by atoms with van der Waals surface area (Å²) in [6.07, 6.45) is 0. The van der Waals surface area contributed by atoms with Crippen LogP contribution in [0.1, 0.15) is 46.2 Å². The fourth-order valence-corrected chi connectivity index (χ4v) is 10.6. The Morgan fingerprint density at radius 1 is 0.352 bits per heavy atom. The third kappa shape index (κ3) is 9.25. The first kappa shape index (κ1) is 43.6. The van der Waals surface area contributed by atoms with Crippen LogP contribution in [0.4, 0.5) is 0 Å². The van der Waals surface area contributed by atoms with Gasteiger partial charge in [-0.25, -0.2) is 0 Å².